The Morgan fingerprint density at radius 1 is 1.41 bits per heavy atom. The van der Waals surface area contributed by atoms with Crippen molar-refractivity contribution in [1.82, 2.24) is 19.5 Å². The van der Waals surface area contributed by atoms with E-state index in [9.17, 15) is 0 Å². The number of hydrogen-bond acceptors (Lipinski definition) is 5. The molecule has 0 fully saturated rings. The summed E-state index contributed by atoms with van der Waals surface area (Å²) in [7, 11) is 0. The Kier molecular flexibility index (Phi) is 2.73. The van der Waals surface area contributed by atoms with Crippen molar-refractivity contribution in [2.45, 2.75) is 13.8 Å². The van der Waals surface area contributed by atoms with Gasteiger partial charge in [-0.2, -0.15) is 0 Å². The lowest BCUT2D eigenvalue weighted by molar-refractivity contribution is 0.318. The molecule has 0 aliphatic carbocycles. The third-order valence-electron chi connectivity index (χ3n) is 2.48. The van der Waals surface area contributed by atoms with E-state index < -0.39 is 0 Å². The summed E-state index contributed by atoms with van der Waals surface area (Å²) in [5, 5.41) is 11.5. The highest BCUT2D eigenvalue weighted by Gasteiger charge is 2.09. The second kappa shape index (κ2) is 4.20. The zero-order valence-electron chi connectivity index (χ0n) is 9.49. The molecule has 2 aromatic heterocycles. The molecule has 0 saturated carbocycles. The molecular formula is C10H12N6O. The summed E-state index contributed by atoms with van der Waals surface area (Å²) in [6.45, 7) is 3.82. The summed E-state index contributed by atoms with van der Waals surface area (Å²) in [5.74, 6) is 0.385. The molecule has 2 rings (SSSR count). The van der Waals surface area contributed by atoms with Gasteiger partial charge in [-0.05, 0) is 19.9 Å². The van der Waals surface area contributed by atoms with Crippen LogP contribution < -0.4 is 5.73 Å². The molecule has 0 atom stereocenters. The van der Waals surface area contributed by atoms with Gasteiger partial charge in [-0.3, -0.25) is 4.57 Å². The molecule has 2 heterocycles. The Bertz CT molecular complexity index is 574. The molecule has 0 aliphatic heterocycles. The summed E-state index contributed by atoms with van der Waals surface area (Å²) < 4.78 is 1.74. The van der Waals surface area contributed by atoms with Gasteiger partial charge in [-0.25, -0.2) is 15.0 Å². The van der Waals surface area contributed by atoms with E-state index >= 15 is 0 Å². The molecule has 0 radical (unpaired) electrons. The lowest BCUT2D eigenvalue weighted by Crippen LogP contribution is -2.16. The van der Waals surface area contributed by atoms with Gasteiger partial charge in [0, 0.05) is 11.9 Å². The SMILES string of the molecule is Cc1ncn(-c2nccc(/C(N)=N/O)n2)c1C. The van der Waals surface area contributed by atoms with Crippen LogP contribution in [-0.2, 0) is 0 Å². The maximum atomic E-state index is 8.59. The molecule has 3 N–H and O–H groups in total. The lowest BCUT2D eigenvalue weighted by atomic mass is 10.4. The van der Waals surface area contributed by atoms with Crippen molar-refractivity contribution in [2.24, 2.45) is 10.9 Å². The van der Waals surface area contributed by atoms with Crippen LogP contribution in [0.5, 0.6) is 0 Å². The Hall–Kier alpha value is -2.44. The van der Waals surface area contributed by atoms with Crippen LogP contribution in [0.4, 0.5) is 0 Å². The van der Waals surface area contributed by atoms with Crippen molar-refractivity contribution in [3.63, 3.8) is 0 Å². The quantitative estimate of drug-likeness (QED) is 0.337. The number of hydrogen-bond donors (Lipinski definition) is 2. The number of rotatable bonds is 2. The Morgan fingerprint density at radius 2 is 2.18 bits per heavy atom. The van der Waals surface area contributed by atoms with Gasteiger partial charge < -0.3 is 10.9 Å². The predicted molar refractivity (Wildman–Crippen MR) is 61.1 cm³/mol. The molecule has 7 heteroatoms. The molecule has 2 aromatic rings. The van der Waals surface area contributed by atoms with Gasteiger partial charge in [0.05, 0.1) is 5.69 Å². The predicted octanol–water partition coefficient (Wildman–Crippen LogP) is 0.374. The molecular weight excluding hydrogens is 220 g/mol. The summed E-state index contributed by atoms with van der Waals surface area (Å²) in [6, 6.07) is 1.57. The minimum Gasteiger partial charge on any atom is -0.409 e. The Morgan fingerprint density at radius 3 is 2.76 bits per heavy atom. The van der Waals surface area contributed by atoms with Crippen molar-refractivity contribution in [3.05, 3.63) is 35.7 Å². The van der Waals surface area contributed by atoms with Crippen molar-refractivity contribution >= 4 is 5.84 Å². The molecule has 0 aromatic carbocycles. The number of nitrogens with two attached hydrogens (primary N) is 1. The van der Waals surface area contributed by atoms with Gasteiger partial charge in [0.15, 0.2) is 5.84 Å². The lowest BCUT2D eigenvalue weighted by Gasteiger charge is -2.04. The number of aromatic nitrogens is 4. The van der Waals surface area contributed by atoms with Gasteiger partial charge >= 0.3 is 0 Å². The normalized spacial score (nSPS) is 11.8. The summed E-state index contributed by atoms with van der Waals surface area (Å²) in [5.41, 5.74) is 7.68. The van der Waals surface area contributed by atoms with E-state index in [-0.39, 0.29) is 5.84 Å². The first-order valence-electron chi connectivity index (χ1n) is 4.95. The van der Waals surface area contributed by atoms with Crippen molar-refractivity contribution in [2.75, 3.05) is 0 Å². The van der Waals surface area contributed by atoms with Crippen LogP contribution in [0.15, 0.2) is 23.7 Å². The fraction of sp³-hybridized carbons (Fsp3) is 0.200. The van der Waals surface area contributed by atoms with E-state index in [0.29, 0.717) is 11.6 Å². The second-order valence-electron chi connectivity index (χ2n) is 3.51. The fourth-order valence-corrected chi connectivity index (χ4v) is 1.36. The third-order valence-corrected chi connectivity index (χ3v) is 2.48. The van der Waals surface area contributed by atoms with Gasteiger partial charge in [0.1, 0.15) is 12.0 Å². The largest absolute Gasteiger partial charge is 0.409 e. The topological polar surface area (TPSA) is 102 Å². The highest BCUT2D eigenvalue weighted by atomic mass is 16.4. The van der Waals surface area contributed by atoms with Gasteiger partial charge in [0.2, 0.25) is 5.95 Å². The molecule has 0 bridgehead atoms. The summed E-state index contributed by atoms with van der Waals surface area (Å²) >= 11 is 0. The Labute approximate surface area is 97.6 Å². The van der Waals surface area contributed by atoms with Crippen LogP contribution in [0.1, 0.15) is 17.1 Å². The van der Waals surface area contributed by atoms with Crippen LogP contribution in [0, 0.1) is 13.8 Å². The number of imidazole rings is 1. The van der Waals surface area contributed by atoms with E-state index in [2.05, 4.69) is 20.1 Å². The molecule has 17 heavy (non-hydrogen) atoms. The Balaban J connectivity index is 2.50. The van der Waals surface area contributed by atoms with E-state index in [1.54, 1.807) is 23.2 Å². The third kappa shape index (κ3) is 1.94. The molecule has 0 amide bonds. The van der Waals surface area contributed by atoms with E-state index in [4.69, 9.17) is 10.9 Å². The summed E-state index contributed by atoms with van der Waals surface area (Å²) in [4.78, 5) is 12.5. The van der Waals surface area contributed by atoms with Crippen LogP contribution in [0.2, 0.25) is 0 Å². The maximum Gasteiger partial charge on any atom is 0.235 e. The molecule has 88 valence electrons. The first-order valence-corrected chi connectivity index (χ1v) is 4.95. The van der Waals surface area contributed by atoms with Crippen molar-refractivity contribution in [3.8, 4) is 5.95 Å². The molecule has 0 unspecified atom stereocenters. The molecule has 0 spiro atoms. The number of oxime groups is 1. The zero-order chi connectivity index (χ0) is 12.4. The zero-order valence-corrected chi connectivity index (χ0v) is 9.49. The minimum atomic E-state index is -0.0526. The fourth-order valence-electron chi connectivity index (χ4n) is 1.36. The van der Waals surface area contributed by atoms with E-state index in [1.165, 1.54) is 0 Å². The minimum absolute atomic E-state index is 0.0526. The second-order valence-corrected chi connectivity index (χ2v) is 3.51. The molecule has 7 nitrogen and oxygen atoms in total. The average molecular weight is 232 g/mol. The van der Waals surface area contributed by atoms with Crippen LogP contribution in [0.3, 0.4) is 0 Å². The average Bonchev–Trinajstić information content (AvgIpc) is 2.69. The summed E-state index contributed by atoms with van der Waals surface area (Å²) in [6.07, 6.45) is 3.18. The van der Waals surface area contributed by atoms with Crippen LogP contribution >= 0.6 is 0 Å². The van der Waals surface area contributed by atoms with E-state index in [1.807, 2.05) is 13.8 Å². The smallest absolute Gasteiger partial charge is 0.235 e. The van der Waals surface area contributed by atoms with Crippen LogP contribution in [-0.4, -0.2) is 30.6 Å². The van der Waals surface area contributed by atoms with E-state index in [0.717, 1.165) is 11.4 Å². The molecule has 0 saturated heterocycles. The van der Waals surface area contributed by atoms with Gasteiger partial charge in [-0.15, -0.1) is 0 Å². The van der Waals surface area contributed by atoms with Crippen molar-refractivity contribution < 1.29 is 5.21 Å². The maximum absolute atomic E-state index is 8.59. The van der Waals surface area contributed by atoms with Crippen LogP contribution in [0.25, 0.3) is 5.95 Å². The highest BCUT2D eigenvalue weighted by molar-refractivity contribution is 5.95. The first kappa shape index (κ1) is 11.1. The standard InChI is InChI=1S/C10H12N6O/c1-6-7(2)16(5-13-6)10-12-4-3-8(14-10)9(11)15-17/h3-5,17H,1-2H3,(H2,11,15). The number of amidine groups is 1. The van der Waals surface area contributed by atoms with Gasteiger partial charge in [0.25, 0.3) is 0 Å². The number of aryl methyl sites for hydroxylation is 1. The highest BCUT2D eigenvalue weighted by Crippen LogP contribution is 2.09. The van der Waals surface area contributed by atoms with Crippen molar-refractivity contribution in [1.29, 1.82) is 0 Å². The van der Waals surface area contributed by atoms with Gasteiger partial charge in [-0.1, -0.05) is 5.16 Å². The first-order chi connectivity index (χ1) is 8.13. The molecule has 0 aliphatic rings. The monoisotopic (exact) mass is 232 g/mol. The number of nitrogens with zero attached hydrogens (tertiary/aromatic N) is 5.